The van der Waals surface area contributed by atoms with Gasteiger partial charge in [0.1, 0.15) is 0 Å². The van der Waals surface area contributed by atoms with E-state index in [1.54, 1.807) is 31.2 Å². The molecular formula is C17H21NO4. The van der Waals surface area contributed by atoms with Crippen molar-refractivity contribution in [3.05, 3.63) is 29.8 Å². The summed E-state index contributed by atoms with van der Waals surface area (Å²) < 4.78 is 5.16. The molecule has 5 nitrogen and oxygen atoms in total. The molecule has 5 heteroatoms. The molecule has 118 valence electrons. The van der Waals surface area contributed by atoms with E-state index in [9.17, 15) is 14.4 Å². The Kier molecular flexibility index (Phi) is 4.96. The first-order valence-electron chi connectivity index (χ1n) is 7.54. The Labute approximate surface area is 130 Å². The molecule has 1 fully saturated rings. The molecule has 1 aromatic rings. The molecule has 0 unspecified atom stereocenters. The molecule has 1 aromatic carbocycles. The third-order valence-corrected chi connectivity index (χ3v) is 3.53. The maximum atomic E-state index is 12.2. The number of carbonyl (C=O) groups is 3. The van der Waals surface area contributed by atoms with Crippen molar-refractivity contribution in [1.82, 2.24) is 0 Å². The molecule has 1 N–H and O–H groups in total. The number of esters is 1. The van der Waals surface area contributed by atoms with Crippen LogP contribution < -0.4 is 5.32 Å². The van der Waals surface area contributed by atoms with Crippen molar-refractivity contribution in [3.8, 4) is 0 Å². The van der Waals surface area contributed by atoms with Gasteiger partial charge in [0.15, 0.2) is 6.10 Å². The zero-order valence-corrected chi connectivity index (χ0v) is 13.1. The molecular weight excluding hydrogens is 282 g/mol. The standard InChI is InChI=1S/C17H21NO4/c1-10(2)16(20)18-14-8-6-12(7-9-14)15(19)11(3)22-17(21)13-4-5-13/h6-11,13H,4-5H2,1-3H3,(H,18,20)/t11-/m0/s1. The fourth-order valence-electron chi connectivity index (χ4n) is 1.88. The number of Topliss-reactive ketones (excluding diaryl/α,β-unsaturated/α-hetero) is 1. The predicted octanol–water partition coefficient (Wildman–Crippen LogP) is 2.81. The number of ether oxygens (including phenoxy) is 1. The zero-order chi connectivity index (χ0) is 16.3. The second kappa shape index (κ2) is 6.73. The van der Waals surface area contributed by atoms with E-state index in [0.717, 1.165) is 12.8 Å². The number of amides is 1. The summed E-state index contributed by atoms with van der Waals surface area (Å²) in [6, 6.07) is 6.59. The summed E-state index contributed by atoms with van der Waals surface area (Å²) in [4.78, 5) is 35.4. The molecule has 0 radical (unpaired) electrons. The van der Waals surface area contributed by atoms with Gasteiger partial charge in [0.25, 0.3) is 0 Å². The minimum Gasteiger partial charge on any atom is -0.454 e. The minimum absolute atomic E-state index is 0.0242. The Morgan fingerprint density at radius 3 is 2.18 bits per heavy atom. The Morgan fingerprint density at radius 2 is 1.68 bits per heavy atom. The predicted molar refractivity (Wildman–Crippen MR) is 82.5 cm³/mol. The van der Waals surface area contributed by atoms with Gasteiger partial charge in [-0.25, -0.2) is 0 Å². The maximum absolute atomic E-state index is 12.2. The van der Waals surface area contributed by atoms with Gasteiger partial charge in [-0.1, -0.05) is 13.8 Å². The molecule has 0 saturated heterocycles. The monoisotopic (exact) mass is 303 g/mol. The Bertz CT molecular complexity index is 573. The van der Waals surface area contributed by atoms with E-state index >= 15 is 0 Å². The van der Waals surface area contributed by atoms with E-state index < -0.39 is 6.10 Å². The summed E-state index contributed by atoms with van der Waals surface area (Å²) in [6.07, 6.45) is 0.915. The zero-order valence-electron chi connectivity index (χ0n) is 13.1. The maximum Gasteiger partial charge on any atom is 0.309 e. The van der Waals surface area contributed by atoms with Crippen LogP contribution in [-0.4, -0.2) is 23.8 Å². The highest BCUT2D eigenvalue weighted by molar-refractivity contribution is 6.01. The van der Waals surface area contributed by atoms with Crippen LogP contribution in [0.25, 0.3) is 0 Å². The van der Waals surface area contributed by atoms with Crippen LogP contribution in [0.1, 0.15) is 44.0 Å². The van der Waals surface area contributed by atoms with Crippen molar-refractivity contribution in [2.24, 2.45) is 11.8 Å². The summed E-state index contributed by atoms with van der Waals surface area (Å²) in [5.41, 5.74) is 1.09. The number of ketones is 1. The molecule has 1 amide bonds. The van der Waals surface area contributed by atoms with Crippen LogP contribution in [0.2, 0.25) is 0 Å². The SMILES string of the molecule is CC(C)C(=O)Nc1ccc(C(=O)[C@H](C)OC(=O)C2CC2)cc1. The number of rotatable bonds is 6. The van der Waals surface area contributed by atoms with Crippen LogP contribution in [0, 0.1) is 11.8 Å². The molecule has 1 atom stereocenters. The molecule has 1 saturated carbocycles. The van der Waals surface area contributed by atoms with Gasteiger partial charge in [0, 0.05) is 17.2 Å². The van der Waals surface area contributed by atoms with E-state index in [-0.39, 0.29) is 29.5 Å². The number of hydrogen-bond donors (Lipinski definition) is 1. The number of hydrogen-bond acceptors (Lipinski definition) is 4. The van der Waals surface area contributed by atoms with Crippen LogP contribution in [0.3, 0.4) is 0 Å². The number of anilines is 1. The topological polar surface area (TPSA) is 72.5 Å². The highest BCUT2D eigenvalue weighted by atomic mass is 16.5. The minimum atomic E-state index is -0.788. The molecule has 0 spiro atoms. The first kappa shape index (κ1) is 16.2. The highest BCUT2D eigenvalue weighted by Gasteiger charge is 2.33. The van der Waals surface area contributed by atoms with Crippen LogP contribution in [0.4, 0.5) is 5.69 Å². The highest BCUT2D eigenvalue weighted by Crippen LogP contribution is 2.30. The van der Waals surface area contributed by atoms with Gasteiger partial charge in [-0.2, -0.15) is 0 Å². The molecule has 0 aromatic heterocycles. The summed E-state index contributed by atoms with van der Waals surface area (Å²) in [5.74, 6) is -0.741. The second-order valence-corrected chi connectivity index (χ2v) is 5.94. The van der Waals surface area contributed by atoms with Crippen molar-refractivity contribution in [2.75, 3.05) is 5.32 Å². The lowest BCUT2D eigenvalue weighted by molar-refractivity contribution is -0.147. The molecule has 0 heterocycles. The van der Waals surface area contributed by atoms with Gasteiger partial charge in [-0.05, 0) is 44.0 Å². The smallest absolute Gasteiger partial charge is 0.309 e. The Balaban J connectivity index is 1.95. The summed E-state index contributed by atoms with van der Waals surface area (Å²) >= 11 is 0. The third kappa shape index (κ3) is 4.16. The summed E-state index contributed by atoms with van der Waals surface area (Å²) in [6.45, 7) is 5.20. The largest absolute Gasteiger partial charge is 0.454 e. The van der Waals surface area contributed by atoms with E-state index in [2.05, 4.69) is 5.32 Å². The van der Waals surface area contributed by atoms with E-state index in [0.29, 0.717) is 11.3 Å². The number of benzene rings is 1. The van der Waals surface area contributed by atoms with Gasteiger partial charge in [0.2, 0.25) is 11.7 Å². The van der Waals surface area contributed by atoms with Gasteiger partial charge < -0.3 is 10.1 Å². The average Bonchev–Trinajstić information content (AvgIpc) is 3.31. The Morgan fingerprint density at radius 1 is 1.09 bits per heavy atom. The van der Waals surface area contributed by atoms with Crippen LogP contribution in [-0.2, 0) is 14.3 Å². The molecule has 2 rings (SSSR count). The van der Waals surface area contributed by atoms with Crippen molar-refractivity contribution in [2.45, 2.75) is 39.7 Å². The van der Waals surface area contributed by atoms with Crippen molar-refractivity contribution in [1.29, 1.82) is 0 Å². The van der Waals surface area contributed by atoms with E-state index in [1.807, 2.05) is 13.8 Å². The van der Waals surface area contributed by atoms with Crippen molar-refractivity contribution in [3.63, 3.8) is 0 Å². The van der Waals surface area contributed by atoms with Crippen molar-refractivity contribution < 1.29 is 19.1 Å². The van der Waals surface area contributed by atoms with Crippen molar-refractivity contribution >= 4 is 23.3 Å². The number of nitrogens with one attached hydrogen (secondary N) is 1. The average molecular weight is 303 g/mol. The fraction of sp³-hybridized carbons (Fsp3) is 0.471. The lowest BCUT2D eigenvalue weighted by atomic mass is 10.1. The summed E-state index contributed by atoms with van der Waals surface area (Å²) in [5, 5.41) is 2.76. The summed E-state index contributed by atoms with van der Waals surface area (Å²) in [7, 11) is 0. The normalized spacial score (nSPS) is 15.3. The molecule has 1 aliphatic carbocycles. The second-order valence-electron chi connectivity index (χ2n) is 5.94. The van der Waals surface area contributed by atoms with Gasteiger partial charge in [-0.3, -0.25) is 14.4 Å². The van der Waals surface area contributed by atoms with Crippen LogP contribution >= 0.6 is 0 Å². The molecule has 0 bridgehead atoms. The lowest BCUT2D eigenvalue weighted by Crippen LogP contribution is -2.25. The Hall–Kier alpha value is -2.17. The van der Waals surface area contributed by atoms with Gasteiger partial charge in [-0.15, -0.1) is 0 Å². The first-order valence-corrected chi connectivity index (χ1v) is 7.54. The molecule has 22 heavy (non-hydrogen) atoms. The third-order valence-electron chi connectivity index (χ3n) is 3.53. The first-order chi connectivity index (χ1) is 10.4. The quantitative estimate of drug-likeness (QED) is 0.648. The van der Waals surface area contributed by atoms with E-state index in [4.69, 9.17) is 4.74 Å². The fourth-order valence-corrected chi connectivity index (χ4v) is 1.88. The number of carbonyl (C=O) groups excluding carboxylic acids is 3. The van der Waals surface area contributed by atoms with E-state index in [1.165, 1.54) is 0 Å². The van der Waals surface area contributed by atoms with Crippen LogP contribution in [0.5, 0.6) is 0 Å². The van der Waals surface area contributed by atoms with Gasteiger partial charge in [0.05, 0.1) is 5.92 Å². The molecule has 0 aliphatic heterocycles. The molecule has 1 aliphatic rings. The van der Waals surface area contributed by atoms with Crippen LogP contribution in [0.15, 0.2) is 24.3 Å². The lowest BCUT2D eigenvalue weighted by Gasteiger charge is -2.13. The van der Waals surface area contributed by atoms with Gasteiger partial charge >= 0.3 is 5.97 Å².